The quantitative estimate of drug-likeness (QED) is 0.336. The Labute approximate surface area is 233 Å². The zero-order valence-corrected chi connectivity index (χ0v) is 24.2. The number of Topliss-reactive ketones (excluding diaryl/α,β-unsaturated/α-hetero) is 1. The standard InChI is InChI=1S/C29H29Br2N3O3/c1-4-27(36)33-12-19(13-33)10-22(35)15-34-16-25(24-11-21(30)9-18(3)28(24)34)29(37)32-6-5-23-20(14-32)7-17(2)8-26(23)31/h4,7-9,11,16,19H,1,5-6,10,12-15H2,2-3H3. The van der Waals surface area contributed by atoms with Crippen molar-refractivity contribution in [3.63, 3.8) is 0 Å². The van der Waals surface area contributed by atoms with Crippen LogP contribution in [0, 0.1) is 19.8 Å². The molecule has 192 valence electrons. The Balaban J connectivity index is 1.39. The monoisotopic (exact) mass is 625 g/mol. The highest BCUT2D eigenvalue weighted by Gasteiger charge is 2.31. The minimum atomic E-state index is -0.0905. The third kappa shape index (κ3) is 5.06. The first-order valence-electron chi connectivity index (χ1n) is 12.4. The summed E-state index contributed by atoms with van der Waals surface area (Å²) < 4.78 is 3.93. The smallest absolute Gasteiger partial charge is 0.256 e. The molecule has 3 heterocycles. The molecule has 0 bridgehead atoms. The average molecular weight is 627 g/mol. The third-order valence-electron chi connectivity index (χ3n) is 7.38. The van der Waals surface area contributed by atoms with Crippen molar-refractivity contribution in [3.05, 3.63) is 79.9 Å². The van der Waals surface area contributed by atoms with Gasteiger partial charge in [0.15, 0.2) is 5.78 Å². The van der Waals surface area contributed by atoms with E-state index in [-0.39, 0.29) is 30.1 Å². The second kappa shape index (κ2) is 10.2. The summed E-state index contributed by atoms with van der Waals surface area (Å²) in [6, 6.07) is 8.27. The van der Waals surface area contributed by atoms with E-state index in [4.69, 9.17) is 0 Å². The van der Waals surface area contributed by atoms with Crippen LogP contribution < -0.4 is 0 Å². The first-order valence-corrected chi connectivity index (χ1v) is 14.0. The van der Waals surface area contributed by atoms with Crippen molar-refractivity contribution in [1.29, 1.82) is 0 Å². The third-order valence-corrected chi connectivity index (χ3v) is 8.54. The second-order valence-electron chi connectivity index (χ2n) is 10.2. The molecule has 0 N–H and O–H groups in total. The molecule has 0 aliphatic carbocycles. The average Bonchev–Trinajstić information content (AvgIpc) is 3.17. The number of carbonyl (C=O) groups excluding carboxylic acids is 3. The summed E-state index contributed by atoms with van der Waals surface area (Å²) in [4.78, 5) is 42.2. The van der Waals surface area contributed by atoms with Gasteiger partial charge in [-0.05, 0) is 66.8 Å². The lowest BCUT2D eigenvalue weighted by Crippen LogP contribution is -2.50. The molecule has 5 rings (SSSR count). The van der Waals surface area contributed by atoms with E-state index in [1.807, 2.05) is 34.7 Å². The lowest BCUT2D eigenvalue weighted by Gasteiger charge is -2.38. The van der Waals surface area contributed by atoms with E-state index >= 15 is 0 Å². The predicted octanol–water partition coefficient (Wildman–Crippen LogP) is 5.59. The largest absolute Gasteiger partial charge is 0.339 e. The number of benzene rings is 2. The fourth-order valence-electron chi connectivity index (χ4n) is 5.63. The summed E-state index contributed by atoms with van der Waals surface area (Å²) in [5.41, 5.74) is 6.14. The Hall–Kier alpha value is -2.71. The van der Waals surface area contributed by atoms with Crippen LogP contribution in [0.1, 0.15) is 39.0 Å². The fraction of sp³-hybridized carbons (Fsp3) is 0.345. The molecule has 0 radical (unpaired) electrons. The number of ketones is 1. The Morgan fingerprint density at radius 2 is 1.84 bits per heavy atom. The number of hydrogen-bond donors (Lipinski definition) is 0. The normalized spacial score (nSPS) is 15.5. The highest BCUT2D eigenvalue weighted by Crippen LogP contribution is 2.33. The topological polar surface area (TPSA) is 62.6 Å². The van der Waals surface area contributed by atoms with Gasteiger partial charge in [-0.3, -0.25) is 14.4 Å². The van der Waals surface area contributed by atoms with Crippen molar-refractivity contribution in [2.45, 2.75) is 39.8 Å². The Morgan fingerprint density at radius 3 is 2.57 bits per heavy atom. The van der Waals surface area contributed by atoms with Crippen LogP contribution in [0.15, 0.2) is 52.1 Å². The van der Waals surface area contributed by atoms with Gasteiger partial charge in [-0.1, -0.05) is 44.5 Å². The van der Waals surface area contributed by atoms with Crippen molar-refractivity contribution in [2.24, 2.45) is 5.92 Å². The number of rotatable bonds is 6. The predicted molar refractivity (Wildman–Crippen MR) is 152 cm³/mol. The molecule has 2 aliphatic rings. The van der Waals surface area contributed by atoms with Crippen LogP contribution >= 0.6 is 31.9 Å². The highest BCUT2D eigenvalue weighted by atomic mass is 79.9. The molecule has 0 atom stereocenters. The van der Waals surface area contributed by atoms with Gasteiger partial charge in [-0.25, -0.2) is 0 Å². The molecule has 0 saturated carbocycles. The highest BCUT2D eigenvalue weighted by molar-refractivity contribution is 9.10. The Kier molecular flexibility index (Phi) is 7.16. The van der Waals surface area contributed by atoms with Crippen molar-refractivity contribution in [2.75, 3.05) is 19.6 Å². The Bertz CT molecular complexity index is 1450. The minimum Gasteiger partial charge on any atom is -0.339 e. The molecule has 6 nitrogen and oxygen atoms in total. The van der Waals surface area contributed by atoms with E-state index in [2.05, 4.69) is 57.5 Å². The number of carbonyl (C=O) groups is 3. The van der Waals surface area contributed by atoms with Crippen LogP contribution in [0.4, 0.5) is 0 Å². The molecule has 3 aromatic rings. The van der Waals surface area contributed by atoms with E-state index in [0.717, 1.165) is 37.4 Å². The van der Waals surface area contributed by atoms with Gasteiger partial charge in [-0.15, -0.1) is 0 Å². The van der Waals surface area contributed by atoms with Gasteiger partial charge in [0.05, 0.1) is 17.6 Å². The van der Waals surface area contributed by atoms with Crippen LogP contribution in [0.25, 0.3) is 10.9 Å². The van der Waals surface area contributed by atoms with E-state index in [1.54, 1.807) is 4.90 Å². The summed E-state index contributed by atoms with van der Waals surface area (Å²) in [6.45, 7) is 10.2. The number of likely N-dealkylation sites (tertiary alicyclic amines) is 1. The van der Waals surface area contributed by atoms with Gasteiger partial charge in [0.1, 0.15) is 0 Å². The van der Waals surface area contributed by atoms with E-state index in [0.29, 0.717) is 38.2 Å². The van der Waals surface area contributed by atoms with E-state index in [1.165, 1.54) is 17.2 Å². The van der Waals surface area contributed by atoms with Crippen LogP contribution in [0.2, 0.25) is 0 Å². The van der Waals surface area contributed by atoms with Gasteiger partial charge in [0.2, 0.25) is 5.91 Å². The van der Waals surface area contributed by atoms with Gasteiger partial charge in [-0.2, -0.15) is 0 Å². The summed E-state index contributed by atoms with van der Waals surface area (Å²) >= 11 is 7.27. The number of hydrogen-bond acceptors (Lipinski definition) is 3. The number of amides is 2. The molecule has 2 aliphatic heterocycles. The zero-order valence-electron chi connectivity index (χ0n) is 21.0. The molecule has 0 spiro atoms. The number of nitrogens with zero attached hydrogens (tertiary/aromatic N) is 3. The molecule has 1 aromatic heterocycles. The van der Waals surface area contributed by atoms with Crippen LogP contribution in [0.3, 0.4) is 0 Å². The molecular weight excluding hydrogens is 598 g/mol. The van der Waals surface area contributed by atoms with Gasteiger partial charge in [0, 0.05) is 59.0 Å². The maximum absolute atomic E-state index is 13.8. The minimum absolute atomic E-state index is 0.0189. The van der Waals surface area contributed by atoms with Crippen molar-refractivity contribution >= 4 is 60.4 Å². The molecule has 2 aromatic carbocycles. The second-order valence-corrected chi connectivity index (χ2v) is 12.0. The summed E-state index contributed by atoms with van der Waals surface area (Å²) in [6.07, 6.45) is 4.37. The van der Waals surface area contributed by atoms with E-state index < -0.39 is 0 Å². The Morgan fingerprint density at radius 1 is 1.08 bits per heavy atom. The maximum Gasteiger partial charge on any atom is 0.256 e. The molecule has 1 fully saturated rings. The van der Waals surface area contributed by atoms with Crippen molar-refractivity contribution < 1.29 is 14.4 Å². The van der Waals surface area contributed by atoms with Crippen molar-refractivity contribution in [3.8, 4) is 0 Å². The molecular formula is C29H29Br2N3O3. The van der Waals surface area contributed by atoms with E-state index in [9.17, 15) is 14.4 Å². The number of halogens is 2. The SMILES string of the molecule is C=CC(=O)N1CC(CC(=O)Cn2cc(C(=O)N3CCc4c(Br)cc(C)cc4C3)c3cc(Br)cc(C)c32)C1. The van der Waals surface area contributed by atoms with Crippen molar-refractivity contribution in [1.82, 2.24) is 14.4 Å². The first-order chi connectivity index (χ1) is 17.6. The van der Waals surface area contributed by atoms with Crippen LogP contribution in [-0.2, 0) is 29.1 Å². The number of aromatic nitrogens is 1. The first kappa shape index (κ1) is 25.9. The maximum atomic E-state index is 13.8. The van der Waals surface area contributed by atoms with Gasteiger partial charge >= 0.3 is 0 Å². The molecule has 2 amide bonds. The van der Waals surface area contributed by atoms with Crippen LogP contribution in [0.5, 0.6) is 0 Å². The van der Waals surface area contributed by atoms with Gasteiger partial charge < -0.3 is 14.4 Å². The van der Waals surface area contributed by atoms with Crippen LogP contribution in [-0.4, -0.2) is 51.6 Å². The molecule has 37 heavy (non-hydrogen) atoms. The zero-order chi connectivity index (χ0) is 26.4. The molecule has 0 unspecified atom stereocenters. The fourth-order valence-corrected chi connectivity index (χ4v) is 7.02. The summed E-state index contributed by atoms with van der Waals surface area (Å²) in [5, 5.41) is 0.854. The summed E-state index contributed by atoms with van der Waals surface area (Å²) in [7, 11) is 0. The molecule has 8 heteroatoms. The number of fused-ring (bicyclic) bond motifs is 2. The lowest BCUT2D eigenvalue weighted by molar-refractivity contribution is -0.134. The van der Waals surface area contributed by atoms with Gasteiger partial charge in [0.25, 0.3) is 5.91 Å². The molecule has 1 saturated heterocycles. The lowest BCUT2D eigenvalue weighted by atomic mass is 9.94. The summed E-state index contributed by atoms with van der Waals surface area (Å²) in [5.74, 6) is 0.161. The number of aryl methyl sites for hydroxylation is 2.